The van der Waals surface area contributed by atoms with E-state index in [4.69, 9.17) is 0 Å². The molecular weight excluding hydrogens is 281 g/mol. The Morgan fingerprint density at radius 2 is 2.05 bits per heavy atom. The number of halogens is 3. The second kappa shape index (κ2) is 5.52. The SMILES string of the molecule is O=C(CN1CSCC1=O)Nc1ccc(F)c(F)c1F. The number of nitrogens with one attached hydrogen (secondary N) is 1. The first-order chi connectivity index (χ1) is 8.99. The van der Waals surface area contributed by atoms with Gasteiger partial charge in [-0.3, -0.25) is 9.59 Å². The quantitative estimate of drug-likeness (QED) is 0.860. The lowest BCUT2D eigenvalue weighted by atomic mass is 10.2. The molecule has 1 aliphatic rings. The fraction of sp³-hybridized carbons (Fsp3) is 0.273. The summed E-state index contributed by atoms with van der Waals surface area (Å²) in [5, 5.41) is 2.10. The van der Waals surface area contributed by atoms with Crippen LogP contribution >= 0.6 is 11.8 Å². The van der Waals surface area contributed by atoms with Gasteiger partial charge in [0.2, 0.25) is 11.8 Å². The van der Waals surface area contributed by atoms with E-state index in [1.165, 1.54) is 16.7 Å². The van der Waals surface area contributed by atoms with Crippen LogP contribution in [0.3, 0.4) is 0 Å². The first kappa shape index (κ1) is 13.7. The van der Waals surface area contributed by atoms with Crippen molar-refractivity contribution in [2.75, 3.05) is 23.5 Å². The predicted octanol–water partition coefficient (Wildman–Crippen LogP) is 1.58. The van der Waals surface area contributed by atoms with Crippen LogP contribution in [0.1, 0.15) is 0 Å². The van der Waals surface area contributed by atoms with E-state index in [1.54, 1.807) is 0 Å². The van der Waals surface area contributed by atoms with Crippen LogP contribution < -0.4 is 5.32 Å². The number of benzene rings is 1. The van der Waals surface area contributed by atoms with Crippen LogP contribution in [0.15, 0.2) is 12.1 Å². The number of anilines is 1. The molecule has 2 amide bonds. The molecule has 0 aliphatic carbocycles. The van der Waals surface area contributed by atoms with E-state index in [1.807, 2.05) is 0 Å². The van der Waals surface area contributed by atoms with Gasteiger partial charge in [0.05, 0.1) is 17.3 Å². The van der Waals surface area contributed by atoms with E-state index >= 15 is 0 Å². The zero-order chi connectivity index (χ0) is 14.0. The smallest absolute Gasteiger partial charge is 0.244 e. The van der Waals surface area contributed by atoms with E-state index in [0.29, 0.717) is 17.7 Å². The molecule has 1 aliphatic heterocycles. The van der Waals surface area contributed by atoms with Crippen molar-refractivity contribution in [2.45, 2.75) is 0 Å². The third kappa shape index (κ3) is 3.01. The van der Waals surface area contributed by atoms with Crippen molar-refractivity contribution < 1.29 is 22.8 Å². The first-order valence-electron chi connectivity index (χ1n) is 5.28. The topological polar surface area (TPSA) is 49.4 Å². The highest BCUT2D eigenvalue weighted by Crippen LogP contribution is 2.20. The van der Waals surface area contributed by atoms with Gasteiger partial charge in [0.1, 0.15) is 6.54 Å². The Hall–Kier alpha value is -1.70. The molecule has 0 atom stereocenters. The lowest BCUT2D eigenvalue weighted by molar-refractivity contribution is -0.130. The van der Waals surface area contributed by atoms with Crippen LogP contribution in [-0.2, 0) is 9.59 Å². The lowest BCUT2D eigenvalue weighted by Crippen LogP contribution is -2.34. The third-order valence-electron chi connectivity index (χ3n) is 2.47. The molecule has 1 fully saturated rings. The molecule has 1 heterocycles. The Kier molecular flexibility index (Phi) is 3.98. The Morgan fingerprint density at radius 3 is 2.68 bits per heavy atom. The van der Waals surface area contributed by atoms with Crippen LogP contribution in [0.2, 0.25) is 0 Å². The number of carbonyl (C=O) groups is 2. The molecule has 1 aromatic carbocycles. The normalized spacial score (nSPS) is 14.9. The summed E-state index contributed by atoms with van der Waals surface area (Å²) in [5.41, 5.74) is -0.455. The van der Waals surface area contributed by atoms with Gasteiger partial charge in [-0.1, -0.05) is 0 Å². The Labute approximate surface area is 111 Å². The fourth-order valence-corrected chi connectivity index (χ4v) is 2.43. The molecule has 4 nitrogen and oxygen atoms in total. The average Bonchev–Trinajstić information content (AvgIpc) is 2.76. The van der Waals surface area contributed by atoms with Crippen LogP contribution in [0, 0.1) is 17.5 Å². The molecule has 8 heteroatoms. The number of hydrogen-bond donors (Lipinski definition) is 1. The molecular formula is C11H9F3N2O2S. The molecule has 1 saturated heterocycles. The second-order valence-corrected chi connectivity index (χ2v) is 4.80. The summed E-state index contributed by atoms with van der Waals surface area (Å²) in [6.45, 7) is -0.246. The van der Waals surface area contributed by atoms with E-state index in [-0.39, 0.29) is 12.5 Å². The zero-order valence-corrected chi connectivity index (χ0v) is 10.4. The molecule has 1 aromatic rings. The molecule has 0 aromatic heterocycles. The van der Waals surface area contributed by atoms with Crippen molar-refractivity contribution in [1.29, 1.82) is 0 Å². The van der Waals surface area contributed by atoms with E-state index in [0.717, 1.165) is 6.07 Å². The highest BCUT2D eigenvalue weighted by Gasteiger charge is 2.23. The molecule has 0 bridgehead atoms. The van der Waals surface area contributed by atoms with Gasteiger partial charge in [-0.25, -0.2) is 13.2 Å². The van der Waals surface area contributed by atoms with Crippen molar-refractivity contribution in [2.24, 2.45) is 0 Å². The average molecular weight is 290 g/mol. The van der Waals surface area contributed by atoms with Gasteiger partial charge in [0.15, 0.2) is 17.5 Å². The summed E-state index contributed by atoms with van der Waals surface area (Å²) in [6.07, 6.45) is 0. The summed E-state index contributed by atoms with van der Waals surface area (Å²) in [6, 6.07) is 1.64. The molecule has 19 heavy (non-hydrogen) atoms. The van der Waals surface area contributed by atoms with Crippen LogP contribution in [0.25, 0.3) is 0 Å². The molecule has 0 saturated carbocycles. The highest BCUT2D eigenvalue weighted by molar-refractivity contribution is 8.00. The van der Waals surface area contributed by atoms with Crippen molar-refractivity contribution in [3.63, 3.8) is 0 Å². The number of nitrogens with zero attached hydrogens (tertiary/aromatic N) is 1. The van der Waals surface area contributed by atoms with Gasteiger partial charge in [0, 0.05) is 0 Å². The summed E-state index contributed by atoms with van der Waals surface area (Å²) >= 11 is 1.36. The molecule has 2 rings (SSSR count). The van der Waals surface area contributed by atoms with E-state index in [2.05, 4.69) is 5.32 Å². The number of thioether (sulfide) groups is 1. The fourth-order valence-electron chi connectivity index (χ4n) is 1.53. The van der Waals surface area contributed by atoms with Gasteiger partial charge in [-0.2, -0.15) is 0 Å². The van der Waals surface area contributed by atoms with Gasteiger partial charge in [-0.05, 0) is 12.1 Å². The third-order valence-corrected chi connectivity index (χ3v) is 3.41. The first-order valence-corrected chi connectivity index (χ1v) is 6.43. The molecule has 0 unspecified atom stereocenters. The van der Waals surface area contributed by atoms with Crippen molar-refractivity contribution in [3.05, 3.63) is 29.6 Å². The van der Waals surface area contributed by atoms with Crippen LogP contribution in [0.5, 0.6) is 0 Å². The van der Waals surface area contributed by atoms with Gasteiger partial charge in [0.25, 0.3) is 0 Å². The van der Waals surface area contributed by atoms with E-state index < -0.39 is 29.0 Å². The number of hydrogen-bond acceptors (Lipinski definition) is 3. The minimum atomic E-state index is -1.65. The largest absolute Gasteiger partial charge is 0.323 e. The van der Waals surface area contributed by atoms with Gasteiger partial charge >= 0.3 is 0 Å². The number of amides is 2. The van der Waals surface area contributed by atoms with Gasteiger partial charge in [-0.15, -0.1) is 11.8 Å². The van der Waals surface area contributed by atoms with Crippen LogP contribution in [0.4, 0.5) is 18.9 Å². The van der Waals surface area contributed by atoms with Gasteiger partial charge < -0.3 is 10.2 Å². The maximum absolute atomic E-state index is 13.3. The van der Waals surface area contributed by atoms with Crippen molar-refractivity contribution in [3.8, 4) is 0 Å². The summed E-state index contributed by atoms with van der Waals surface area (Å²) in [4.78, 5) is 24.1. The second-order valence-electron chi connectivity index (χ2n) is 3.84. The van der Waals surface area contributed by atoms with Crippen LogP contribution in [-0.4, -0.2) is 34.9 Å². The standard InChI is InChI=1S/C11H9F3N2O2S/c12-6-1-2-7(11(14)10(6)13)15-8(17)3-16-5-19-4-9(16)18/h1-2H,3-5H2,(H,15,17). The molecule has 0 radical (unpaired) electrons. The maximum Gasteiger partial charge on any atom is 0.244 e. The lowest BCUT2D eigenvalue weighted by Gasteiger charge is -2.14. The predicted molar refractivity (Wildman–Crippen MR) is 64.0 cm³/mol. The number of rotatable bonds is 3. The monoisotopic (exact) mass is 290 g/mol. The van der Waals surface area contributed by atoms with Crippen molar-refractivity contribution >= 4 is 29.3 Å². The minimum Gasteiger partial charge on any atom is -0.323 e. The Balaban J connectivity index is 2.03. The minimum absolute atomic E-state index is 0.189. The number of carbonyl (C=O) groups excluding carboxylic acids is 2. The zero-order valence-electron chi connectivity index (χ0n) is 9.58. The molecule has 0 spiro atoms. The summed E-state index contributed by atoms with van der Waals surface area (Å²) in [5.74, 6) is -4.62. The Bertz CT molecular complexity index is 539. The van der Waals surface area contributed by atoms with Crippen molar-refractivity contribution in [1.82, 2.24) is 4.90 Å². The summed E-state index contributed by atoms with van der Waals surface area (Å²) < 4.78 is 38.9. The molecule has 1 N–H and O–H groups in total. The Morgan fingerprint density at radius 1 is 1.32 bits per heavy atom. The molecule has 102 valence electrons. The highest BCUT2D eigenvalue weighted by atomic mass is 32.2. The van der Waals surface area contributed by atoms with E-state index in [9.17, 15) is 22.8 Å². The summed E-state index contributed by atoms with van der Waals surface area (Å²) in [7, 11) is 0. The maximum atomic E-state index is 13.3.